The highest BCUT2D eigenvalue weighted by molar-refractivity contribution is 6.74. The number of pyridine rings is 1. The first-order valence-electron chi connectivity index (χ1n) is 16.2. The molecule has 3 heterocycles. The first-order chi connectivity index (χ1) is 20.0. The minimum Gasteiger partial charge on any atom is -0.410 e. The lowest BCUT2D eigenvalue weighted by Crippen LogP contribution is -2.44. The van der Waals surface area contributed by atoms with E-state index in [1.807, 2.05) is 0 Å². The molecule has 0 amide bonds. The fourth-order valence-corrected chi connectivity index (χ4v) is 8.97. The second-order valence-electron chi connectivity index (χ2n) is 15.8. The van der Waals surface area contributed by atoms with Gasteiger partial charge in [-0.3, -0.25) is 4.98 Å². The van der Waals surface area contributed by atoms with Crippen LogP contribution >= 0.6 is 0 Å². The Morgan fingerprint density at radius 2 is 1.58 bits per heavy atom. The van der Waals surface area contributed by atoms with Crippen LogP contribution in [-0.2, 0) is 32.1 Å². The number of nitrogens with zero attached hydrogens (tertiary/aromatic N) is 1. The van der Waals surface area contributed by atoms with E-state index in [1.165, 1.54) is 23.3 Å². The zero-order valence-electron chi connectivity index (χ0n) is 26.9. The van der Waals surface area contributed by atoms with Crippen LogP contribution in [0.25, 0.3) is 0 Å². The Labute approximate surface area is 256 Å². The highest BCUT2D eigenvalue weighted by Gasteiger charge is 2.54. The summed E-state index contributed by atoms with van der Waals surface area (Å²) >= 11 is 0. The van der Waals surface area contributed by atoms with E-state index in [9.17, 15) is 13.2 Å². The number of hydrogen-bond acceptors (Lipinski definition) is 4. The Kier molecular flexibility index (Phi) is 7.75. The quantitative estimate of drug-likeness (QED) is 0.321. The van der Waals surface area contributed by atoms with Gasteiger partial charge in [0, 0.05) is 36.0 Å². The number of aromatic nitrogens is 1. The molecule has 1 unspecified atom stereocenters. The van der Waals surface area contributed by atoms with Gasteiger partial charge >= 0.3 is 6.18 Å². The van der Waals surface area contributed by atoms with Crippen LogP contribution in [0.2, 0.25) is 18.1 Å². The summed E-state index contributed by atoms with van der Waals surface area (Å²) in [6.45, 7) is 17.5. The third-order valence-corrected chi connectivity index (χ3v) is 15.4. The van der Waals surface area contributed by atoms with Crippen LogP contribution < -0.4 is 0 Å². The molecular formula is C35H48F3NO3Si. The Hall–Kier alpha value is -1.74. The second kappa shape index (κ2) is 10.7. The van der Waals surface area contributed by atoms with E-state index in [4.69, 9.17) is 18.9 Å². The number of halogens is 3. The Morgan fingerprint density at radius 1 is 0.953 bits per heavy atom. The smallest absolute Gasteiger partial charge is 0.410 e. The molecule has 2 fully saturated rings. The van der Waals surface area contributed by atoms with Crippen molar-refractivity contribution in [2.75, 3.05) is 13.2 Å². The molecule has 2 aromatic rings. The largest absolute Gasteiger partial charge is 0.416 e. The van der Waals surface area contributed by atoms with E-state index in [0.29, 0.717) is 13.2 Å². The lowest BCUT2D eigenvalue weighted by atomic mass is 9.70. The summed E-state index contributed by atoms with van der Waals surface area (Å²) in [4.78, 5) is 5.55. The standard InChI is InChI=1S/C35H48F3NO3Si/c1-32(2,3)43(6,7)42-26-21-33(4,5)20-25-27(26)29-28(30(39-25)22-14-18-40-19-15-22)31(41-34(29)16-8-9-17-34)23-10-12-24(13-11-23)35(36,37)38/h10-13,22,26,31H,8-9,14-21H2,1-7H3/t26?,31-/m0/s1. The summed E-state index contributed by atoms with van der Waals surface area (Å²) < 4.78 is 60.9. The summed E-state index contributed by atoms with van der Waals surface area (Å²) in [5.74, 6) is 0.231. The van der Waals surface area contributed by atoms with Gasteiger partial charge in [0.2, 0.25) is 0 Å². The maximum atomic E-state index is 13.5. The van der Waals surface area contributed by atoms with Gasteiger partial charge in [-0.1, -0.05) is 59.6 Å². The second-order valence-corrected chi connectivity index (χ2v) is 20.5. The number of fused-ring (bicyclic) bond motifs is 4. The Morgan fingerprint density at radius 3 is 2.16 bits per heavy atom. The van der Waals surface area contributed by atoms with Crippen LogP contribution in [0.3, 0.4) is 0 Å². The first kappa shape index (κ1) is 31.2. The molecule has 2 aliphatic heterocycles. The van der Waals surface area contributed by atoms with Gasteiger partial charge in [-0.2, -0.15) is 13.2 Å². The number of alkyl halides is 3. The molecular weight excluding hydrogens is 567 g/mol. The average molecular weight is 616 g/mol. The van der Waals surface area contributed by atoms with E-state index in [0.717, 1.165) is 73.9 Å². The Bertz CT molecular complexity index is 1350. The molecule has 0 N–H and O–H groups in total. The predicted octanol–water partition coefficient (Wildman–Crippen LogP) is 9.92. The molecule has 2 atom stereocenters. The summed E-state index contributed by atoms with van der Waals surface area (Å²) in [5.41, 5.74) is 5.52. The zero-order chi connectivity index (χ0) is 31.0. The molecule has 8 heteroatoms. The summed E-state index contributed by atoms with van der Waals surface area (Å²) in [6, 6.07) is 5.63. The molecule has 4 aliphatic rings. The van der Waals surface area contributed by atoms with Gasteiger partial charge in [0.1, 0.15) is 6.10 Å². The van der Waals surface area contributed by atoms with Gasteiger partial charge in [0.25, 0.3) is 0 Å². The van der Waals surface area contributed by atoms with Gasteiger partial charge in [0.05, 0.1) is 23.0 Å². The van der Waals surface area contributed by atoms with Crippen molar-refractivity contribution in [3.63, 3.8) is 0 Å². The topological polar surface area (TPSA) is 40.6 Å². The van der Waals surface area contributed by atoms with Crippen molar-refractivity contribution in [2.45, 2.75) is 134 Å². The van der Waals surface area contributed by atoms with Crippen LogP contribution in [0.1, 0.15) is 137 Å². The number of benzene rings is 1. The molecule has 2 aliphatic carbocycles. The summed E-state index contributed by atoms with van der Waals surface area (Å²) in [5, 5.41) is 0.0533. The van der Waals surface area contributed by atoms with Crippen molar-refractivity contribution >= 4 is 8.32 Å². The molecule has 1 spiro atoms. The van der Waals surface area contributed by atoms with E-state index < -0.39 is 31.8 Å². The minimum absolute atomic E-state index is 0.0311. The molecule has 43 heavy (non-hydrogen) atoms. The van der Waals surface area contributed by atoms with Crippen LogP contribution in [0.5, 0.6) is 0 Å². The van der Waals surface area contributed by atoms with Crippen molar-refractivity contribution < 1.29 is 27.1 Å². The van der Waals surface area contributed by atoms with E-state index in [1.54, 1.807) is 12.1 Å². The third kappa shape index (κ3) is 5.63. The third-order valence-electron chi connectivity index (χ3n) is 11.0. The summed E-state index contributed by atoms with van der Waals surface area (Å²) in [7, 11) is -2.15. The molecule has 0 radical (unpaired) electrons. The molecule has 6 rings (SSSR count). The molecule has 1 aromatic carbocycles. The molecule has 4 nitrogen and oxygen atoms in total. The van der Waals surface area contributed by atoms with Crippen molar-refractivity contribution in [3.8, 4) is 0 Å². The van der Waals surface area contributed by atoms with Crippen LogP contribution in [-0.4, -0.2) is 26.5 Å². The molecule has 0 bridgehead atoms. The van der Waals surface area contributed by atoms with Gasteiger partial charge in [-0.15, -0.1) is 0 Å². The van der Waals surface area contributed by atoms with Crippen LogP contribution in [0.15, 0.2) is 24.3 Å². The number of hydrogen-bond donors (Lipinski definition) is 0. The normalized spacial score (nSPS) is 25.6. The maximum absolute atomic E-state index is 13.5. The van der Waals surface area contributed by atoms with E-state index in [2.05, 4.69) is 47.7 Å². The zero-order valence-corrected chi connectivity index (χ0v) is 27.9. The van der Waals surface area contributed by atoms with Crippen molar-refractivity contribution in [1.82, 2.24) is 4.98 Å². The fourth-order valence-electron chi connectivity index (χ4n) is 7.70. The summed E-state index contributed by atoms with van der Waals surface area (Å²) in [6.07, 6.45) is 2.62. The van der Waals surface area contributed by atoms with E-state index >= 15 is 0 Å². The number of ether oxygens (including phenoxy) is 2. The van der Waals surface area contributed by atoms with Crippen molar-refractivity contribution in [3.05, 3.63) is 63.5 Å². The predicted molar refractivity (Wildman–Crippen MR) is 165 cm³/mol. The molecule has 1 saturated heterocycles. The Balaban J connectivity index is 1.59. The van der Waals surface area contributed by atoms with Gasteiger partial charge in [0.15, 0.2) is 8.32 Å². The lowest BCUT2D eigenvalue weighted by molar-refractivity contribution is -0.137. The molecule has 1 aromatic heterocycles. The van der Waals surface area contributed by atoms with Crippen LogP contribution in [0.4, 0.5) is 13.2 Å². The van der Waals surface area contributed by atoms with Crippen molar-refractivity contribution in [2.24, 2.45) is 5.41 Å². The molecule has 1 saturated carbocycles. The van der Waals surface area contributed by atoms with Crippen LogP contribution in [0, 0.1) is 5.41 Å². The minimum atomic E-state index is -4.38. The van der Waals surface area contributed by atoms with Gasteiger partial charge < -0.3 is 13.9 Å². The fraction of sp³-hybridized carbons (Fsp3) is 0.686. The van der Waals surface area contributed by atoms with E-state index in [-0.39, 0.29) is 22.5 Å². The maximum Gasteiger partial charge on any atom is 0.416 e. The molecule has 236 valence electrons. The monoisotopic (exact) mass is 615 g/mol. The average Bonchev–Trinajstić information content (AvgIpc) is 3.52. The van der Waals surface area contributed by atoms with Crippen molar-refractivity contribution in [1.29, 1.82) is 0 Å². The lowest BCUT2D eigenvalue weighted by Gasteiger charge is -2.45. The highest BCUT2D eigenvalue weighted by Crippen LogP contribution is 2.61. The first-order valence-corrected chi connectivity index (χ1v) is 19.1. The SMILES string of the molecule is CC1(C)Cc2nc(C3CCOCC3)c3c(c2C(O[Si](C)(C)C(C)(C)C)C1)C1(CCCC1)O[C@H]3c1ccc(C(F)(F)F)cc1. The van der Waals surface area contributed by atoms with Gasteiger partial charge in [-0.05, 0) is 85.3 Å². The van der Waals surface area contributed by atoms with Gasteiger partial charge in [-0.25, -0.2) is 0 Å². The number of rotatable bonds is 4. The highest BCUT2D eigenvalue weighted by atomic mass is 28.4.